The molecule has 0 radical (unpaired) electrons. The lowest BCUT2D eigenvalue weighted by Gasteiger charge is -2.43. The number of terminal acetylenes is 1. The number of ether oxygens (including phenoxy) is 1. The topological polar surface area (TPSA) is 45.6 Å². The number of aliphatic imine (C=N–C) groups is 1. The van der Waals surface area contributed by atoms with Crippen LogP contribution in [-0.2, 0) is 17.5 Å². The summed E-state index contributed by atoms with van der Waals surface area (Å²) in [7, 11) is 0. The van der Waals surface area contributed by atoms with Gasteiger partial charge in [0.15, 0.2) is 0 Å². The van der Waals surface area contributed by atoms with Gasteiger partial charge in [0.2, 0.25) is 0 Å². The van der Waals surface area contributed by atoms with E-state index in [1.165, 1.54) is 6.07 Å². The van der Waals surface area contributed by atoms with E-state index in [4.69, 9.17) is 22.8 Å². The van der Waals surface area contributed by atoms with Crippen LogP contribution in [0.4, 0.5) is 13.2 Å². The average Bonchev–Trinajstić information content (AvgIpc) is 2.67. The van der Waals surface area contributed by atoms with Crippen molar-refractivity contribution in [3.05, 3.63) is 57.9 Å². The van der Waals surface area contributed by atoms with E-state index in [9.17, 15) is 13.2 Å². The Morgan fingerprint density at radius 3 is 2.72 bits per heavy atom. The van der Waals surface area contributed by atoms with Crippen molar-refractivity contribution in [2.45, 2.75) is 38.0 Å². The van der Waals surface area contributed by atoms with Gasteiger partial charge in [-0.2, -0.15) is 13.2 Å². The number of alkyl halides is 3. The molecular weight excluding hydrogens is 403 g/mol. The van der Waals surface area contributed by atoms with E-state index >= 15 is 0 Å². The van der Waals surface area contributed by atoms with Crippen LogP contribution in [-0.4, -0.2) is 24.6 Å². The van der Waals surface area contributed by atoms with E-state index in [0.717, 1.165) is 23.5 Å². The fourth-order valence-corrected chi connectivity index (χ4v) is 3.61. The van der Waals surface area contributed by atoms with Gasteiger partial charge in [-0.05, 0) is 42.8 Å². The molecule has 1 aromatic carbocycles. The van der Waals surface area contributed by atoms with Gasteiger partial charge >= 0.3 is 6.18 Å². The Kier molecular flexibility index (Phi) is 6.25. The van der Waals surface area contributed by atoms with Crippen molar-refractivity contribution < 1.29 is 17.9 Å². The van der Waals surface area contributed by atoms with E-state index in [0.29, 0.717) is 37.5 Å². The third-order valence-electron chi connectivity index (χ3n) is 5.01. The molecule has 0 aromatic heterocycles. The first-order chi connectivity index (χ1) is 13.7. The summed E-state index contributed by atoms with van der Waals surface area (Å²) >= 11 is 6.13. The molecule has 2 heterocycles. The van der Waals surface area contributed by atoms with E-state index < -0.39 is 17.3 Å². The molecule has 0 saturated carbocycles. The minimum Gasteiger partial charge on any atom is -0.381 e. The maximum atomic E-state index is 13.0. The van der Waals surface area contributed by atoms with Crippen LogP contribution in [0.25, 0.3) is 0 Å². The second-order valence-corrected chi connectivity index (χ2v) is 7.36. The van der Waals surface area contributed by atoms with Crippen molar-refractivity contribution in [1.29, 1.82) is 0 Å². The first-order valence-corrected chi connectivity index (χ1v) is 9.50. The second-order valence-electron chi connectivity index (χ2n) is 6.95. The van der Waals surface area contributed by atoms with Crippen molar-refractivity contribution >= 4 is 17.4 Å². The fourth-order valence-electron chi connectivity index (χ4n) is 3.43. The predicted molar refractivity (Wildman–Crippen MR) is 107 cm³/mol. The summed E-state index contributed by atoms with van der Waals surface area (Å²) in [6.45, 7) is 3.06. The van der Waals surface area contributed by atoms with E-state index in [1.54, 1.807) is 12.2 Å². The SMILES string of the molecule is C#C/C=C\C1=C(C)NC2(CCOCC2)C(=NCc2cc(C(F)(F)F)ccc2Cl)N1. The van der Waals surface area contributed by atoms with Crippen LogP contribution in [0.5, 0.6) is 0 Å². The molecule has 2 aliphatic rings. The second kappa shape index (κ2) is 8.52. The van der Waals surface area contributed by atoms with Crippen LogP contribution < -0.4 is 10.6 Å². The zero-order valence-electron chi connectivity index (χ0n) is 15.9. The quantitative estimate of drug-likeness (QED) is 0.707. The fraction of sp³-hybridized carbons (Fsp3) is 0.381. The van der Waals surface area contributed by atoms with E-state index in [-0.39, 0.29) is 11.6 Å². The minimum atomic E-state index is -4.44. The lowest BCUT2D eigenvalue weighted by molar-refractivity contribution is -0.137. The Hall–Kier alpha value is -2.43. The van der Waals surface area contributed by atoms with Crippen LogP contribution in [0.2, 0.25) is 5.02 Å². The Labute approximate surface area is 172 Å². The summed E-state index contributed by atoms with van der Waals surface area (Å²) in [6.07, 6.45) is 5.54. The average molecular weight is 424 g/mol. The maximum absolute atomic E-state index is 13.0. The molecule has 2 N–H and O–H groups in total. The highest BCUT2D eigenvalue weighted by Crippen LogP contribution is 2.33. The van der Waals surface area contributed by atoms with Crippen LogP contribution >= 0.6 is 11.6 Å². The first-order valence-electron chi connectivity index (χ1n) is 9.12. The van der Waals surface area contributed by atoms with Crippen molar-refractivity contribution in [3.8, 4) is 12.3 Å². The van der Waals surface area contributed by atoms with Crippen molar-refractivity contribution in [1.82, 2.24) is 10.6 Å². The highest BCUT2D eigenvalue weighted by Gasteiger charge is 2.41. The number of benzene rings is 1. The number of rotatable bonds is 3. The van der Waals surface area contributed by atoms with Gasteiger partial charge in [-0.1, -0.05) is 17.5 Å². The first kappa shape index (κ1) is 21.3. The molecular formula is C21H21ClF3N3O. The number of nitrogens with zero attached hydrogens (tertiary/aromatic N) is 1. The van der Waals surface area contributed by atoms with Crippen LogP contribution in [0, 0.1) is 12.3 Å². The molecule has 154 valence electrons. The number of halogens is 4. The Morgan fingerprint density at radius 1 is 1.34 bits per heavy atom. The number of amidine groups is 1. The summed E-state index contributed by atoms with van der Waals surface area (Å²) in [5.74, 6) is 3.08. The summed E-state index contributed by atoms with van der Waals surface area (Å²) in [5, 5.41) is 7.04. The van der Waals surface area contributed by atoms with E-state index in [2.05, 4.69) is 21.5 Å². The van der Waals surface area contributed by atoms with Gasteiger partial charge < -0.3 is 15.4 Å². The predicted octanol–water partition coefficient (Wildman–Crippen LogP) is 4.42. The Balaban J connectivity index is 1.95. The molecule has 0 bridgehead atoms. The Bertz CT molecular complexity index is 907. The zero-order chi connectivity index (χ0) is 21.1. The van der Waals surface area contributed by atoms with Crippen molar-refractivity contribution in [2.24, 2.45) is 4.99 Å². The van der Waals surface area contributed by atoms with Gasteiger partial charge in [-0.3, -0.25) is 4.99 Å². The molecule has 4 nitrogen and oxygen atoms in total. The smallest absolute Gasteiger partial charge is 0.381 e. The molecule has 29 heavy (non-hydrogen) atoms. The third-order valence-corrected chi connectivity index (χ3v) is 5.38. The van der Waals surface area contributed by atoms with Crippen LogP contribution in [0.15, 0.2) is 46.7 Å². The standard InChI is InChI=1S/C21H21ClF3N3O/c1-3-4-5-18-14(2)28-20(8-10-29-11-9-20)19(27-18)26-13-15-12-16(21(23,24)25)6-7-17(15)22/h1,4-7,12,28H,8-11,13H2,2H3,(H,26,27)/b5-4-. The molecule has 1 aromatic rings. The molecule has 0 unspecified atom stereocenters. The molecule has 8 heteroatoms. The van der Waals surface area contributed by atoms with Gasteiger partial charge in [0.05, 0.1) is 23.3 Å². The van der Waals surface area contributed by atoms with Gasteiger partial charge in [0.25, 0.3) is 0 Å². The minimum absolute atomic E-state index is 0.0144. The number of nitrogens with one attached hydrogen (secondary N) is 2. The lowest BCUT2D eigenvalue weighted by atomic mass is 9.86. The molecule has 0 aliphatic carbocycles. The maximum Gasteiger partial charge on any atom is 0.416 e. The number of hydrogen-bond donors (Lipinski definition) is 2. The normalized spacial score (nSPS) is 20.6. The molecule has 1 saturated heterocycles. The van der Waals surface area contributed by atoms with Gasteiger partial charge in [0, 0.05) is 36.8 Å². The number of hydrogen-bond acceptors (Lipinski definition) is 3. The third kappa shape index (κ3) is 4.77. The van der Waals surface area contributed by atoms with Gasteiger partial charge in [0.1, 0.15) is 5.84 Å². The van der Waals surface area contributed by atoms with Crippen LogP contribution in [0.1, 0.15) is 30.9 Å². The molecule has 3 rings (SSSR count). The van der Waals surface area contributed by atoms with Crippen molar-refractivity contribution in [3.63, 3.8) is 0 Å². The highest BCUT2D eigenvalue weighted by molar-refractivity contribution is 6.31. The summed E-state index contributed by atoms with van der Waals surface area (Å²) in [5.41, 5.74) is 0.763. The molecule has 0 amide bonds. The molecule has 1 spiro atoms. The molecule has 0 atom stereocenters. The van der Waals surface area contributed by atoms with E-state index in [1.807, 2.05) is 6.92 Å². The zero-order valence-corrected chi connectivity index (χ0v) is 16.6. The molecule has 2 aliphatic heterocycles. The summed E-state index contributed by atoms with van der Waals surface area (Å²) < 4.78 is 44.6. The monoisotopic (exact) mass is 423 g/mol. The van der Waals surface area contributed by atoms with Gasteiger partial charge in [-0.15, -0.1) is 6.42 Å². The van der Waals surface area contributed by atoms with Crippen LogP contribution in [0.3, 0.4) is 0 Å². The number of allylic oxidation sites excluding steroid dienone is 3. The highest BCUT2D eigenvalue weighted by atomic mass is 35.5. The molecule has 1 fully saturated rings. The van der Waals surface area contributed by atoms with Crippen molar-refractivity contribution in [2.75, 3.05) is 13.2 Å². The largest absolute Gasteiger partial charge is 0.416 e. The summed E-state index contributed by atoms with van der Waals surface area (Å²) in [6, 6.07) is 3.26. The Morgan fingerprint density at radius 2 is 2.07 bits per heavy atom. The lowest BCUT2D eigenvalue weighted by Crippen LogP contribution is -2.62. The van der Waals surface area contributed by atoms with Gasteiger partial charge in [-0.25, -0.2) is 0 Å². The summed E-state index contributed by atoms with van der Waals surface area (Å²) in [4.78, 5) is 4.62.